The first-order chi connectivity index (χ1) is 9.09. The molecule has 1 atom stereocenters. The molecule has 0 aliphatic rings. The van der Waals surface area contributed by atoms with Crippen molar-refractivity contribution in [1.29, 1.82) is 0 Å². The monoisotopic (exact) mass is 320 g/mol. The highest BCUT2D eigenvalue weighted by Crippen LogP contribution is 2.37. The number of carboxylic acids is 1. The van der Waals surface area contributed by atoms with Crippen molar-refractivity contribution in [3.05, 3.63) is 64.1 Å². The number of carboxylic acid groups (broad SMARTS) is 1. The van der Waals surface area contributed by atoms with Gasteiger partial charge >= 0.3 is 5.97 Å². The quantitative estimate of drug-likeness (QED) is 0.901. The lowest BCUT2D eigenvalue weighted by molar-refractivity contribution is -0.137. The lowest BCUT2D eigenvalue weighted by Crippen LogP contribution is -2.08. The topological polar surface area (TPSA) is 57.5 Å². The van der Waals surface area contributed by atoms with Crippen LogP contribution in [0.15, 0.2) is 53.0 Å². The van der Waals surface area contributed by atoms with Gasteiger partial charge in [0.05, 0.1) is 10.9 Å². The lowest BCUT2D eigenvalue weighted by Gasteiger charge is -2.17. The van der Waals surface area contributed by atoms with E-state index in [1.165, 1.54) is 0 Å². The zero-order valence-corrected chi connectivity index (χ0v) is 11.7. The smallest absolute Gasteiger partial charge is 0.304 e. The fourth-order valence-electron chi connectivity index (χ4n) is 2.08. The molecule has 3 nitrogen and oxygen atoms in total. The van der Waals surface area contributed by atoms with Gasteiger partial charge in [-0.2, -0.15) is 0 Å². The molecule has 2 aromatic carbocycles. The van der Waals surface area contributed by atoms with E-state index in [2.05, 4.69) is 15.9 Å². The SMILES string of the molecule is O=C(O)C[C@H](c1ccccc1)c1cccc(Br)c1O. The Labute approximate surface area is 119 Å². The van der Waals surface area contributed by atoms with Crippen molar-refractivity contribution in [2.75, 3.05) is 0 Å². The largest absolute Gasteiger partial charge is 0.506 e. The van der Waals surface area contributed by atoms with Crippen LogP contribution in [0.5, 0.6) is 5.75 Å². The number of phenols is 1. The summed E-state index contributed by atoms with van der Waals surface area (Å²) in [5.41, 5.74) is 1.49. The Morgan fingerprint density at radius 1 is 1.11 bits per heavy atom. The van der Waals surface area contributed by atoms with Crippen LogP contribution in [-0.2, 0) is 4.79 Å². The fraction of sp³-hybridized carbons (Fsp3) is 0.133. The van der Waals surface area contributed by atoms with Gasteiger partial charge in [0, 0.05) is 11.5 Å². The summed E-state index contributed by atoms with van der Waals surface area (Å²) in [6, 6.07) is 14.6. The molecule has 0 aliphatic carbocycles. The molecule has 0 heterocycles. The van der Waals surface area contributed by atoms with Crippen molar-refractivity contribution < 1.29 is 15.0 Å². The molecule has 0 aromatic heterocycles. The molecule has 0 radical (unpaired) electrons. The molecule has 0 bridgehead atoms. The van der Waals surface area contributed by atoms with E-state index in [4.69, 9.17) is 5.11 Å². The van der Waals surface area contributed by atoms with Crippen molar-refractivity contribution in [2.45, 2.75) is 12.3 Å². The second kappa shape index (κ2) is 5.89. The van der Waals surface area contributed by atoms with Crippen molar-refractivity contribution in [3.8, 4) is 5.75 Å². The predicted molar refractivity (Wildman–Crippen MR) is 76.3 cm³/mol. The first-order valence-corrected chi connectivity index (χ1v) is 6.63. The molecule has 0 amide bonds. The number of para-hydroxylation sites is 1. The highest BCUT2D eigenvalue weighted by molar-refractivity contribution is 9.10. The Kier molecular flexibility index (Phi) is 4.22. The molecule has 98 valence electrons. The number of benzene rings is 2. The van der Waals surface area contributed by atoms with Gasteiger partial charge in [0.25, 0.3) is 0 Å². The minimum Gasteiger partial charge on any atom is -0.506 e. The molecular formula is C15H13BrO3. The number of hydrogen-bond acceptors (Lipinski definition) is 2. The van der Waals surface area contributed by atoms with Crippen LogP contribution in [0.3, 0.4) is 0 Å². The molecule has 2 aromatic rings. The van der Waals surface area contributed by atoms with Crippen molar-refractivity contribution >= 4 is 21.9 Å². The first kappa shape index (κ1) is 13.6. The summed E-state index contributed by atoms with van der Waals surface area (Å²) in [6.07, 6.45) is -0.0615. The highest BCUT2D eigenvalue weighted by Gasteiger charge is 2.21. The van der Waals surface area contributed by atoms with E-state index in [0.717, 1.165) is 5.56 Å². The van der Waals surface area contributed by atoms with Crippen LogP contribution in [0.1, 0.15) is 23.5 Å². The van der Waals surface area contributed by atoms with Gasteiger partial charge in [-0.1, -0.05) is 42.5 Å². The third-order valence-corrected chi connectivity index (χ3v) is 3.61. The molecule has 0 unspecified atom stereocenters. The summed E-state index contributed by atoms with van der Waals surface area (Å²) >= 11 is 3.26. The molecule has 0 fully saturated rings. The van der Waals surface area contributed by atoms with Gasteiger partial charge in [0.15, 0.2) is 0 Å². The second-order valence-corrected chi connectivity index (χ2v) is 5.09. The fourth-order valence-corrected chi connectivity index (χ4v) is 2.46. The van der Waals surface area contributed by atoms with E-state index in [9.17, 15) is 9.90 Å². The molecule has 0 saturated carbocycles. The highest BCUT2D eigenvalue weighted by atomic mass is 79.9. The zero-order valence-electron chi connectivity index (χ0n) is 10.1. The van der Waals surface area contributed by atoms with Crippen LogP contribution in [0, 0.1) is 0 Å². The number of rotatable bonds is 4. The maximum absolute atomic E-state index is 11.1. The van der Waals surface area contributed by atoms with Crippen LogP contribution in [0.4, 0.5) is 0 Å². The van der Waals surface area contributed by atoms with E-state index in [-0.39, 0.29) is 18.1 Å². The standard InChI is InChI=1S/C15H13BrO3/c16-13-8-4-7-11(15(13)19)12(9-14(17)18)10-5-2-1-3-6-10/h1-8,12,19H,9H2,(H,17,18)/t12-/m1/s1. The van der Waals surface area contributed by atoms with E-state index >= 15 is 0 Å². The summed E-state index contributed by atoms with van der Waals surface area (Å²) in [6.45, 7) is 0. The third kappa shape index (κ3) is 3.15. The Hall–Kier alpha value is -1.81. The Morgan fingerprint density at radius 2 is 1.79 bits per heavy atom. The predicted octanol–water partition coefficient (Wildman–Crippen LogP) is 3.76. The molecule has 2 N–H and O–H groups in total. The number of hydrogen-bond donors (Lipinski definition) is 2. The van der Waals surface area contributed by atoms with Gasteiger partial charge in [0.1, 0.15) is 5.75 Å². The second-order valence-electron chi connectivity index (χ2n) is 4.24. The molecule has 19 heavy (non-hydrogen) atoms. The summed E-state index contributed by atoms with van der Waals surface area (Å²) in [5.74, 6) is -1.16. The molecule has 0 saturated heterocycles. The first-order valence-electron chi connectivity index (χ1n) is 5.83. The molecule has 4 heteroatoms. The normalized spacial score (nSPS) is 12.1. The van der Waals surface area contributed by atoms with Crippen LogP contribution in [0.2, 0.25) is 0 Å². The van der Waals surface area contributed by atoms with Gasteiger partial charge in [-0.3, -0.25) is 4.79 Å². The summed E-state index contributed by atoms with van der Waals surface area (Å²) in [5, 5.41) is 19.2. The number of halogens is 1. The van der Waals surface area contributed by atoms with Crippen LogP contribution >= 0.6 is 15.9 Å². The number of aliphatic carboxylic acids is 1. The van der Waals surface area contributed by atoms with Crippen molar-refractivity contribution in [2.24, 2.45) is 0 Å². The van der Waals surface area contributed by atoms with Crippen LogP contribution in [-0.4, -0.2) is 16.2 Å². The Balaban J connectivity index is 2.49. The third-order valence-electron chi connectivity index (χ3n) is 2.97. The van der Waals surface area contributed by atoms with E-state index in [1.54, 1.807) is 18.2 Å². The molecule has 2 rings (SSSR count). The van der Waals surface area contributed by atoms with Crippen molar-refractivity contribution in [3.63, 3.8) is 0 Å². The van der Waals surface area contributed by atoms with E-state index in [0.29, 0.717) is 10.0 Å². The van der Waals surface area contributed by atoms with Crippen LogP contribution in [0.25, 0.3) is 0 Å². The minimum atomic E-state index is -0.895. The van der Waals surface area contributed by atoms with Gasteiger partial charge in [-0.15, -0.1) is 0 Å². The molecule has 0 spiro atoms. The van der Waals surface area contributed by atoms with E-state index < -0.39 is 5.97 Å². The summed E-state index contributed by atoms with van der Waals surface area (Å²) in [7, 11) is 0. The van der Waals surface area contributed by atoms with Gasteiger partial charge in [0.2, 0.25) is 0 Å². The van der Waals surface area contributed by atoms with Gasteiger partial charge in [-0.25, -0.2) is 0 Å². The van der Waals surface area contributed by atoms with Gasteiger partial charge in [-0.05, 0) is 27.6 Å². The minimum absolute atomic E-state index is 0.0615. The summed E-state index contributed by atoms with van der Waals surface area (Å²) in [4.78, 5) is 11.1. The average molecular weight is 321 g/mol. The number of phenolic OH excluding ortho intramolecular Hbond substituents is 1. The van der Waals surface area contributed by atoms with E-state index in [1.807, 2.05) is 30.3 Å². The van der Waals surface area contributed by atoms with Crippen molar-refractivity contribution in [1.82, 2.24) is 0 Å². The molecule has 0 aliphatic heterocycles. The lowest BCUT2D eigenvalue weighted by atomic mass is 9.88. The zero-order chi connectivity index (χ0) is 13.8. The van der Waals surface area contributed by atoms with Crippen LogP contribution < -0.4 is 0 Å². The molecular weight excluding hydrogens is 308 g/mol. The maximum Gasteiger partial charge on any atom is 0.304 e. The maximum atomic E-state index is 11.1. The number of carbonyl (C=O) groups is 1. The summed E-state index contributed by atoms with van der Waals surface area (Å²) < 4.78 is 0.566. The Bertz CT molecular complexity index is 581. The van der Waals surface area contributed by atoms with Gasteiger partial charge < -0.3 is 10.2 Å². The average Bonchev–Trinajstić information content (AvgIpc) is 2.40. The Morgan fingerprint density at radius 3 is 2.42 bits per heavy atom. The number of aromatic hydroxyl groups is 1.